The normalized spacial score (nSPS) is 31.6. The van der Waals surface area contributed by atoms with Gasteiger partial charge in [0.05, 0.1) is 0 Å². The fraction of sp³-hybridized carbons (Fsp3) is 1.00. The minimum atomic E-state index is 0.780. The number of hydrogen-bond donors (Lipinski definition) is 1. The highest BCUT2D eigenvalue weighted by molar-refractivity contribution is 7.99. The van der Waals surface area contributed by atoms with Crippen molar-refractivity contribution in [1.29, 1.82) is 0 Å². The van der Waals surface area contributed by atoms with Crippen LogP contribution in [0.4, 0.5) is 0 Å². The molecule has 0 spiro atoms. The summed E-state index contributed by atoms with van der Waals surface area (Å²) >= 11 is 2.17. The molecule has 1 N–H and O–H groups in total. The summed E-state index contributed by atoms with van der Waals surface area (Å²) in [4.78, 5) is 0. The Balaban J connectivity index is 1.60. The first-order valence-corrected chi connectivity index (χ1v) is 6.76. The average Bonchev–Trinajstić information content (AvgIpc) is 2.99. The highest BCUT2D eigenvalue weighted by atomic mass is 32.2. The van der Waals surface area contributed by atoms with Crippen LogP contribution in [0.3, 0.4) is 0 Å². The fourth-order valence-electron chi connectivity index (χ4n) is 2.05. The second-order valence-corrected chi connectivity index (χ2v) is 5.93. The van der Waals surface area contributed by atoms with Gasteiger partial charge >= 0.3 is 0 Å². The lowest BCUT2D eigenvalue weighted by molar-refractivity contribution is 0.482. The summed E-state index contributed by atoms with van der Waals surface area (Å²) in [6.45, 7) is 3.60. The molecular formula is C11H21NS. The standard InChI is InChI=1S/C11H21NS/c1-9(10-5-6-10)12-8-11-4-2-3-7-13-11/h9-12H,2-8H2,1H3. The van der Waals surface area contributed by atoms with Crippen molar-refractivity contribution < 1.29 is 0 Å². The largest absolute Gasteiger partial charge is 0.313 e. The van der Waals surface area contributed by atoms with Gasteiger partial charge in [-0.25, -0.2) is 0 Å². The van der Waals surface area contributed by atoms with Crippen LogP contribution < -0.4 is 5.32 Å². The van der Waals surface area contributed by atoms with E-state index in [1.807, 2.05) is 0 Å². The van der Waals surface area contributed by atoms with Crippen LogP contribution in [-0.2, 0) is 0 Å². The lowest BCUT2D eigenvalue weighted by Crippen LogP contribution is -2.34. The van der Waals surface area contributed by atoms with E-state index in [9.17, 15) is 0 Å². The van der Waals surface area contributed by atoms with Crippen molar-refractivity contribution in [2.45, 2.75) is 50.3 Å². The number of hydrogen-bond acceptors (Lipinski definition) is 2. The topological polar surface area (TPSA) is 12.0 Å². The third kappa shape index (κ3) is 3.17. The Labute approximate surface area is 86.0 Å². The van der Waals surface area contributed by atoms with Gasteiger partial charge in [0.15, 0.2) is 0 Å². The van der Waals surface area contributed by atoms with Gasteiger partial charge in [0, 0.05) is 17.8 Å². The van der Waals surface area contributed by atoms with Crippen LogP contribution in [0.1, 0.15) is 39.0 Å². The van der Waals surface area contributed by atoms with E-state index in [0.29, 0.717) is 0 Å². The van der Waals surface area contributed by atoms with Crippen molar-refractivity contribution in [3.63, 3.8) is 0 Å². The van der Waals surface area contributed by atoms with Gasteiger partial charge in [0.2, 0.25) is 0 Å². The SMILES string of the molecule is CC(NCC1CCCCS1)C1CC1. The minimum absolute atomic E-state index is 0.780. The Bertz CT molecular complexity index is 150. The molecule has 2 fully saturated rings. The smallest absolute Gasteiger partial charge is 0.0172 e. The molecule has 2 aliphatic rings. The third-order valence-electron chi connectivity index (χ3n) is 3.27. The molecule has 1 saturated heterocycles. The molecule has 0 aromatic heterocycles. The maximum Gasteiger partial charge on any atom is 0.0172 e. The molecule has 2 rings (SSSR count). The van der Waals surface area contributed by atoms with Gasteiger partial charge < -0.3 is 5.32 Å². The fourth-order valence-corrected chi connectivity index (χ4v) is 3.30. The molecule has 0 radical (unpaired) electrons. The molecule has 2 heteroatoms. The second kappa shape index (κ2) is 4.70. The summed E-state index contributed by atoms with van der Waals surface area (Å²) in [5, 5.41) is 4.61. The van der Waals surface area contributed by atoms with Crippen molar-refractivity contribution in [2.24, 2.45) is 5.92 Å². The lowest BCUT2D eigenvalue weighted by Gasteiger charge is -2.23. The minimum Gasteiger partial charge on any atom is -0.313 e. The van der Waals surface area contributed by atoms with Gasteiger partial charge in [-0.2, -0.15) is 11.8 Å². The van der Waals surface area contributed by atoms with Crippen LogP contribution in [0, 0.1) is 5.92 Å². The predicted molar refractivity (Wildman–Crippen MR) is 60.3 cm³/mol. The van der Waals surface area contributed by atoms with Gasteiger partial charge in [0.25, 0.3) is 0 Å². The average molecular weight is 199 g/mol. The second-order valence-electron chi connectivity index (χ2n) is 4.52. The molecule has 2 atom stereocenters. The van der Waals surface area contributed by atoms with E-state index in [2.05, 4.69) is 24.0 Å². The van der Waals surface area contributed by atoms with Gasteiger partial charge in [-0.1, -0.05) is 6.42 Å². The summed E-state index contributed by atoms with van der Waals surface area (Å²) < 4.78 is 0. The summed E-state index contributed by atoms with van der Waals surface area (Å²) in [6, 6.07) is 0.780. The van der Waals surface area contributed by atoms with Gasteiger partial charge in [-0.05, 0) is 44.3 Å². The quantitative estimate of drug-likeness (QED) is 0.747. The van der Waals surface area contributed by atoms with Gasteiger partial charge in [-0.15, -0.1) is 0 Å². The first-order chi connectivity index (χ1) is 6.36. The van der Waals surface area contributed by atoms with E-state index >= 15 is 0 Å². The molecule has 0 amide bonds. The monoisotopic (exact) mass is 199 g/mol. The Morgan fingerprint density at radius 3 is 2.77 bits per heavy atom. The zero-order valence-corrected chi connectivity index (χ0v) is 9.41. The molecule has 1 saturated carbocycles. The molecular weight excluding hydrogens is 178 g/mol. The third-order valence-corrected chi connectivity index (χ3v) is 4.67. The zero-order valence-electron chi connectivity index (χ0n) is 8.59. The number of nitrogens with one attached hydrogen (secondary N) is 1. The van der Waals surface area contributed by atoms with Crippen LogP contribution in [0.25, 0.3) is 0 Å². The molecule has 0 aromatic rings. The Kier molecular flexibility index (Phi) is 3.56. The van der Waals surface area contributed by atoms with E-state index in [4.69, 9.17) is 0 Å². The predicted octanol–water partition coefficient (Wildman–Crippen LogP) is 2.66. The summed E-state index contributed by atoms with van der Waals surface area (Å²) in [5.74, 6) is 2.40. The molecule has 2 unspecified atom stereocenters. The number of thioether (sulfide) groups is 1. The van der Waals surface area contributed by atoms with Crippen LogP contribution in [-0.4, -0.2) is 23.6 Å². The molecule has 0 aromatic carbocycles. The first-order valence-electron chi connectivity index (χ1n) is 5.71. The first kappa shape index (κ1) is 9.85. The molecule has 13 heavy (non-hydrogen) atoms. The molecule has 1 aliphatic carbocycles. The zero-order chi connectivity index (χ0) is 9.10. The van der Waals surface area contributed by atoms with Crippen molar-refractivity contribution in [3.05, 3.63) is 0 Å². The molecule has 76 valence electrons. The Hall–Kier alpha value is 0.310. The van der Waals surface area contributed by atoms with Crippen LogP contribution >= 0.6 is 11.8 Å². The van der Waals surface area contributed by atoms with Gasteiger partial charge in [-0.3, -0.25) is 0 Å². The van der Waals surface area contributed by atoms with Crippen molar-refractivity contribution in [1.82, 2.24) is 5.32 Å². The van der Waals surface area contributed by atoms with Crippen molar-refractivity contribution in [3.8, 4) is 0 Å². The van der Waals surface area contributed by atoms with Crippen molar-refractivity contribution in [2.75, 3.05) is 12.3 Å². The van der Waals surface area contributed by atoms with E-state index in [-0.39, 0.29) is 0 Å². The van der Waals surface area contributed by atoms with Gasteiger partial charge in [0.1, 0.15) is 0 Å². The Morgan fingerprint density at radius 1 is 1.31 bits per heavy atom. The highest BCUT2D eigenvalue weighted by Crippen LogP contribution is 2.32. The Morgan fingerprint density at radius 2 is 2.15 bits per heavy atom. The summed E-state index contributed by atoms with van der Waals surface area (Å²) in [7, 11) is 0. The summed E-state index contributed by atoms with van der Waals surface area (Å²) in [5.41, 5.74) is 0. The van der Waals surface area contributed by atoms with E-state index in [1.165, 1.54) is 44.4 Å². The maximum absolute atomic E-state index is 3.69. The van der Waals surface area contributed by atoms with Crippen LogP contribution in [0.5, 0.6) is 0 Å². The molecule has 1 nitrogen and oxygen atoms in total. The number of rotatable bonds is 4. The molecule has 0 bridgehead atoms. The highest BCUT2D eigenvalue weighted by Gasteiger charge is 2.28. The van der Waals surface area contributed by atoms with Crippen LogP contribution in [0.15, 0.2) is 0 Å². The van der Waals surface area contributed by atoms with E-state index in [0.717, 1.165) is 17.2 Å². The maximum atomic E-state index is 3.69. The van der Waals surface area contributed by atoms with Crippen LogP contribution in [0.2, 0.25) is 0 Å². The van der Waals surface area contributed by atoms with E-state index in [1.54, 1.807) is 0 Å². The molecule has 1 aliphatic heterocycles. The van der Waals surface area contributed by atoms with Crippen molar-refractivity contribution >= 4 is 11.8 Å². The molecule has 1 heterocycles. The summed E-state index contributed by atoms with van der Waals surface area (Å²) in [6.07, 6.45) is 7.27. The van der Waals surface area contributed by atoms with E-state index < -0.39 is 0 Å². The lowest BCUT2D eigenvalue weighted by atomic mass is 10.1.